The molecule has 0 radical (unpaired) electrons. The van der Waals surface area contributed by atoms with Crippen LogP contribution in [0.4, 0.5) is 0 Å². The van der Waals surface area contributed by atoms with E-state index in [-0.39, 0.29) is 11.7 Å². The first-order chi connectivity index (χ1) is 13.0. The Labute approximate surface area is 159 Å². The van der Waals surface area contributed by atoms with Crippen molar-refractivity contribution < 1.29 is 9.59 Å². The fourth-order valence-electron chi connectivity index (χ4n) is 3.23. The number of hydrogen-bond acceptors (Lipinski definition) is 3. The van der Waals surface area contributed by atoms with Crippen molar-refractivity contribution in [3.63, 3.8) is 0 Å². The highest BCUT2D eigenvalue weighted by atomic mass is 16.2. The van der Waals surface area contributed by atoms with E-state index in [1.165, 1.54) is 6.92 Å². The van der Waals surface area contributed by atoms with Gasteiger partial charge in [-0.2, -0.15) is 0 Å². The summed E-state index contributed by atoms with van der Waals surface area (Å²) in [5, 5.41) is 5.03. The number of carbonyl (C=O) groups excluding carboxylic acids is 2. The highest BCUT2D eigenvalue weighted by Crippen LogP contribution is 2.19. The summed E-state index contributed by atoms with van der Waals surface area (Å²) in [7, 11) is 0. The molecule has 3 N–H and O–H groups in total. The minimum atomic E-state index is -0.714. The standard InChI is InChI=1S/C23H24N2O2/c1-16(26)22(14-17-8-3-2-4-9-17)25-23(27)21(24)15-19-12-7-11-18-10-5-6-13-20(18)19/h2-13,21-22H,14-15,24H2,1H3,(H,25,27). The van der Waals surface area contributed by atoms with Crippen molar-refractivity contribution in [1.29, 1.82) is 0 Å². The van der Waals surface area contributed by atoms with E-state index in [2.05, 4.69) is 5.32 Å². The molecule has 0 saturated carbocycles. The van der Waals surface area contributed by atoms with Crippen LogP contribution in [0, 0.1) is 0 Å². The molecule has 0 aromatic heterocycles. The highest BCUT2D eigenvalue weighted by Gasteiger charge is 2.22. The Morgan fingerprint density at radius 2 is 1.56 bits per heavy atom. The van der Waals surface area contributed by atoms with Crippen LogP contribution in [0.25, 0.3) is 10.8 Å². The third-order valence-corrected chi connectivity index (χ3v) is 4.75. The lowest BCUT2D eigenvalue weighted by Crippen LogP contribution is -2.49. The van der Waals surface area contributed by atoms with Gasteiger partial charge in [-0.05, 0) is 41.7 Å². The van der Waals surface area contributed by atoms with E-state index >= 15 is 0 Å². The normalized spacial score (nSPS) is 13.1. The summed E-state index contributed by atoms with van der Waals surface area (Å²) >= 11 is 0. The van der Waals surface area contributed by atoms with Gasteiger partial charge in [-0.25, -0.2) is 0 Å². The van der Waals surface area contributed by atoms with Gasteiger partial charge in [0.05, 0.1) is 12.1 Å². The summed E-state index contributed by atoms with van der Waals surface area (Å²) < 4.78 is 0. The van der Waals surface area contributed by atoms with Gasteiger partial charge in [0.25, 0.3) is 0 Å². The summed E-state index contributed by atoms with van der Waals surface area (Å²) in [6.45, 7) is 1.49. The molecular formula is C23H24N2O2. The first kappa shape index (κ1) is 18.8. The third-order valence-electron chi connectivity index (χ3n) is 4.75. The maximum absolute atomic E-state index is 12.6. The molecule has 0 aliphatic heterocycles. The fourth-order valence-corrected chi connectivity index (χ4v) is 3.23. The van der Waals surface area contributed by atoms with Gasteiger partial charge >= 0.3 is 0 Å². The molecule has 0 fully saturated rings. The number of benzene rings is 3. The largest absolute Gasteiger partial charge is 0.345 e. The number of Topliss-reactive ketones (excluding diaryl/α,β-unsaturated/α-hetero) is 1. The molecule has 0 aliphatic carbocycles. The lowest BCUT2D eigenvalue weighted by atomic mass is 9.98. The predicted octanol–water partition coefficient (Wildman–Crippen LogP) is 3.03. The third kappa shape index (κ3) is 4.80. The maximum atomic E-state index is 12.6. The van der Waals surface area contributed by atoms with Crippen LogP contribution in [0.1, 0.15) is 18.1 Å². The van der Waals surface area contributed by atoms with Crippen LogP contribution in [0.15, 0.2) is 72.8 Å². The number of rotatable bonds is 7. The number of carbonyl (C=O) groups is 2. The zero-order valence-corrected chi connectivity index (χ0v) is 15.4. The van der Waals surface area contributed by atoms with E-state index in [4.69, 9.17) is 5.73 Å². The number of amides is 1. The second-order valence-corrected chi connectivity index (χ2v) is 6.81. The number of nitrogens with two attached hydrogens (primary N) is 1. The minimum absolute atomic E-state index is 0.0791. The first-order valence-electron chi connectivity index (χ1n) is 9.11. The Kier molecular flexibility index (Phi) is 5.99. The van der Waals surface area contributed by atoms with E-state index in [1.54, 1.807) is 0 Å². The van der Waals surface area contributed by atoms with E-state index in [9.17, 15) is 9.59 Å². The predicted molar refractivity (Wildman–Crippen MR) is 108 cm³/mol. The van der Waals surface area contributed by atoms with E-state index in [0.717, 1.165) is 21.9 Å². The van der Waals surface area contributed by atoms with Crippen LogP contribution < -0.4 is 11.1 Å². The Hall–Kier alpha value is -2.98. The van der Waals surface area contributed by atoms with E-state index < -0.39 is 12.1 Å². The van der Waals surface area contributed by atoms with Gasteiger partial charge in [-0.3, -0.25) is 9.59 Å². The van der Waals surface area contributed by atoms with Crippen LogP contribution in [0.3, 0.4) is 0 Å². The van der Waals surface area contributed by atoms with Crippen LogP contribution in [-0.4, -0.2) is 23.8 Å². The SMILES string of the molecule is CC(=O)C(Cc1ccccc1)NC(=O)C(N)Cc1cccc2ccccc12. The van der Waals surface area contributed by atoms with Crippen molar-refractivity contribution in [3.8, 4) is 0 Å². The second-order valence-electron chi connectivity index (χ2n) is 6.81. The summed E-state index contributed by atoms with van der Waals surface area (Å²) in [6, 6.07) is 22.4. The van der Waals surface area contributed by atoms with Crippen molar-refractivity contribution in [1.82, 2.24) is 5.32 Å². The molecule has 3 aromatic carbocycles. The fraction of sp³-hybridized carbons (Fsp3) is 0.217. The molecule has 138 valence electrons. The van der Waals surface area contributed by atoms with Gasteiger partial charge in [0.1, 0.15) is 0 Å². The lowest BCUT2D eigenvalue weighted by Gasteiger charge is -2.19. The summed E-state index contributed by atoms with van der Waals surface area (Å²) in [5.41, 5.74) is 8.19. The van der Waals surface area contributed by atoms with Gasteiger partial charge in [-0.15, -0.1) is 0 Å². The minimum Gasteiger partial charge on any atom is -0.345 e. The van der Waals surface area contributed by atoms with Crippen LogP contribution in [0.2, 0.25) is 0 Å². The molecular weight excluding hydrogens is 336 g/mol. The molecule has 0 aliphatic rings. The molecule has 4 nitrogen and oxygen atoms in total. The summed E-state index contributed by atoms with van der Waals surface area (Å²) in [6.07, 6.45) is 0.881. The monoisotopic (exact) mass is 360 g/mol. The average Bonchev–Trinajstić information content (AvgIpc) is 2.68. The summed E-state index contributed by atoms with van der Waals surface area (Å²) in [5.74, 6) is -0.386. The van der Waals surface area contributed by atoms with Gasteiger partial charge < -0.3 is 11.1 Å². The number of ketones is 1. The van der Waals surface area contributed by atoms with Crippen molar-refractivity contribution in [2.45, 2.75) is 31.8 Å². The van der Waals surface area contributed by atoms with Gasteiger partial charge in [-0.1, -0.05) is 72.8 Å². The van der Waals surface area contributed by atoms with Crippen molar-refractivity contribution in [2.75, 3.05) is 0 Å². The van der Waals surface area contributed by atoms with E-state index in [0.29, 0.717) is 12.8 Å². The molecule has 0 bridgehead atoms. The average molecular weight is 360 g/mol. The van der Waals surface area contributed by atoms with Gasteiger partial charge in [0.15, 0.2) is 5.78 Å². The molecule has 27 heavy (non-hydrogen) atoms. The number of nitrogens with one attached hydrogen (secondary N) is 1. The smallest absolute Gasteiger partial charge is 0.237 e. The number of fused-ring (bicyclic) bond motifs is 1. The Balaban J connectivity index is 1.69. The molecule has 2 unspecified atom stereocenters. The molecule has 0 saturated heterocycles. The first-order valence-corrected chi connectivity index (χ1v) is 9.11. The topological polar surface area (TPSA) is 72.2 Å². The highest BCUT2D eigenvalue weighted by molar-refractivity contribution is 5.91. The summed E-state index contributed by atoms with van der Waals surface area (Å²) in [4.78, 5) is 24.6. The second kappa shape index (κ2) is 8.60. The van der Waals surface area contributed by atoms with Gasteiger partial charge in [0, 0.05) is 0 Å². The Bertz CT molecular complexity index is 932. The van der Waals surface area contributed by atoms with Crippen molar-refractivity contribution >= 4 is 22.5 Å². The molecule has 3 rings (SSSR count). The molecule has 0 heterocycles. The van der Waals surface area contributed by atoms with Crippen molar-refractivity contribution in [2.24, 2.45) is 5.73 Å². The Morgan fingerprint density at radius 1 is 0.889 bits per heavy atom. The van der Waals surface area contributed by atoms with Gasteiger partial charge in [0.2, 0.25) is 5.91 Å². The lowest BCUT2D eigenvalue weighted by molar-refractivity contribution is -0.127. The molecule has 0 spiro atoms. The molecule has 1 amide bonds. The van der Waals surface area contributed by atoms with Crippen molar-refractivity contribution in [3.05, 3.63) is 83.9 Å². The van der Waals surface area contributed by atoms with E-state index in [1.807, 2.05) is 72.8 Å². The molecule has 2 atom stereocenters. The zero-order chi connectivity index (χ0) is 19.2. The zero-order valence-electron chi connectivity index (χ0n) is 15.4. The van der Waals surface area contributed by atoms with Crippen LogP contribution in [-0.2, 0) is 22.4 Å². The maximum Gasteiger partial charge on any atom is 0.237 e. The van der Waals surface area contributed by atoms with Crippen LogP contribution in [0.5, 0.6) is 0 Å². The molecule has 3 aromatic rings. The molecule has 4 heteroatoms. The Morgan fingerprint density at radius 3 is 2.30 bits per heavy atom. The van der Waals surface area contributed by atoms with Crippen LogP contribution >= 0.6 is 0 Å². The number of hydrogen-bond donors (Lipinski definition) is 2. The quantitative estimate of drug-likeness (QED) is 0.680.